The fraction of sp³-hybridized carbons (Fsp3) is 0.379. The molecule has 1 heterocycles. The summed E-state index contributed by atoms with van der Waals surface area (Å²) >= 11 is 0. The van der Waals surface area contributed by atoms with Crippen LogP contribution in [0.25, 0.3) is 22.2 Å². The van der Waals surface area contributed by atoms with Crippen molar-refractivity contribution in [2.24, 2.45) is 5.92 Å². The second-order valence-electron chi connectivity index (χ2n) is 9.99. The zero-order chi connectivity index (χ0) is 26.8. The van der Waals surface area contributed by atoms with E-state index in [2.05, 4.69) is 16.0 Å². The number of carbonyl (C=O) groups is 1. The first-order valence-corrected chi connectivity index (χ1v) is 12.9. The molecule has 38 heavy (non-hydrogen) atoms. The van der Waals surface area contributed by atoms with Crippen molar-refractivity contribution >= 4 is 34.5 Å². The standard InChI is InChI=1S/C29H31N5O4/c1-17(19-6-7-19)37-29(35)33-21-10-8-20(9-11-21)28-25(15-30)24-13-12-23(36-16-27(32)38-18(2)31)14-26(24)34(28)22-4-3-5-22/h8-14,17,19,22,31-32H,3-7,16H2,1-2H3,(H,33,35). The number of aromatic nitrogens is 1. The minimum atomic E-state index is -0.458. The molecule has 3 N–H and O–H groups in total. The summed E-state index contributed by atoms with van der Waals surface area (Å²) in [6.07, 6.45) is 4.84. The number of hydrogen-bond donors (Lipinski definition) is 3. The molecular weight excluding hydrogens is 482 g/mol. The van der Waals surface area contributed by atoms with Crippen LogP contribution in [0.5, 0.6) is 5.75 Å². The molecule has 0 saturated heterocycles. The first-order valence-electron chi connectivity index (χ1n) is 12.9. The Bertz CT molecular complexity index is 1430. The summed E-state index contributed by atoms with van der Waals surface area (Å²) in [6.45, 7) is 3.29. The van der Waals surface area contributed by atoms with Crippen LogP contribution < -0.4 is 10.1 Å². The molecule has 2 fully saturated rings. The van der Waals surface area contributed by atoms with Crippen molar-refractivity contribution in [1.82, 2.24) is 4.57 Å². The molecule has 0 aliphatic heterocycles. The zero-order valence-corrected chi connectivity index (χ0v) is 21.5. The molecule has 1 amide bonds. The minimum absolute atomic E-state index is 0.0675. The molecule has 1 aromatic heterocycles. The Labute approximate surface area is 221 Å². The minimum Gasteiger partial charge on any atom is -0.484 e. The van der Waals surface area contributed by atoms with E-state index in [0.29, 0.717) is 22.9 Å². The number of anilines is 1. The molecule has 0 radical (unpaired) electrons. The van der Waals surface area contributed by atoms with E-state index in [1.807, 2.05) is 43.3 Å². The molecule has 2 aromatic carbocycles. The van der Waals surface area contributed by atoms with Crippen molar-refractivity contribution in [1.29, 1.82) is 16.1 Å². The van der Waals surface area contributed by atoms with Crippen LogP contribution >= 0.6 is 0 Å². The second kappa shape index (κ2) is 10.6. The molecule has 0 bridgehead atoms. The van der Waals surface area contributed by atoms with Gasteiger partial charge in [-0.05, 0) is 74.8 Å². The van der Waals surface area contributed by atoms with Crippen molar-refractivity contribution in [3.63, 3.8) is 0 Å². The van der Waals surface area contributed by atoms with Gasteiger partial charge in [-0.3, -0.25) is 16.1 Å². The van der Waals surface area contributed by atoms with Gasteiger partial charge >= 0.3 is 6.09 Å². The third kappa shape index (κ3) is 5.35. The number of hydrogen-bond acceptors (Lipinski definition) is 7. The van der Waals surface area contributed by atoms with Crippen LogP contribution in [-0.4, -0.2) is 35.2 Å². The topological polar surface area (TPSA) is 133 Å². The van der Waals surface area contributed by atoms with Gasteiger partial charge in [-0.1, -0.05) is 12.1 Å². The average molecular weight is 514 g/mol. The Balaban J connectivity index is 1.43. The third-order valence-electron chi connectivity index (χ3n) is 7.16. The Hall–Kier alpha value is -4.32. The van der Waals surface area contributed by atoms with Crippen LogP contribution in [-0.2, 0) is 9.47 Å². The van der Waals surface area contributed by atoms with Gasteiger partial charge in [0.1, 0.15) is 17.9 Å². The lowest BCUT2D eigenvalue weighted by molar-refractivity contribution is 0.108. The molecule has 1 unspecified atom stereocenters. The summed E-state index contributed by atoms with van der Waals surface area (Å²) in [5.74, 6) is 0.812. The SMILES string of the molecule is CC(=N)OC(=N)COc1ccc2c(C#N)c(-c3ccc(NC(=O)OC(C)C4CC4)cc3)n(C3CCC3)c2c1. The quantitative estimate of drug-likeness (QED) is 0.230. The van der Waals surface area contributed by atoms with E-state index >= 15 is 0 Å². The number of fused-ring (bicyclic) bond motifs is 1. The van der Waals surface area contributed by atoms with Crippen molar-refractivity contribution in [2.75, 3.05) is 11.9 Å². The number of benzene rings is 2. The fourth-order valence-corrected chi connectivity index (χ4v) is 4.85. The number of nitrogens with one attached hydrogen (secondary N) is 3. The van der Waals surface area contributed by atoms with Gasteiger partial charge in [0, 0.05) is 30.1 Å². The van der Waals surface area contributed by atoms with Gasteiger partial charge in [-0.2, -0.15) is 5.26 Å². The Morgan fingerprint density at radius 3 is 2.50 bits per heavy atom. The smallest absolute Gasteiger partial charge is 0.411 e. The van der Waals surface area contributed by atoms with Gasteiger partial charge < -0.3 is 18.8 Å². The van der Waals surface area contributed by atoms with Crippen LogP contribution in [0, 0.1) is 28.1 Å². The highest BCUT2D eigenvalue weighted by Gasteiger charge is 2.31. The summed E-state index contributed by atoms with van der Waals surface area (Å²) in [4.78, 5) is 12.3. The molecule has 9 heteroatoms. The van der Waals surface area contributed by atoms with Gasteiger partial charge in [0.05, 0.1) is 16.8 Å². The van der Waals surface area contributed by atoms with Gasteiger partial charge in [0.15, 0.2) is 12.5 Å². The lowest BCUT2D eigenvalue weighted by Crippen LogP contribution is -2.21. The normalized spacial score (nSPS) is 15.7. The number of carbonyl (C=O) groups excluding carboxylic acids is 1. The first-order chi connectivity index (χ1) is 18.3. The summed E-state index contributed by atoms with van der Waals surface area (Å²) in [5, 5.41) is 29.0. The highest BCUT2D eigenvalue weighted by molar-refractivity contribution is 5.96. The number of ether oxygens (including phenoxy) is 3. The average Bonchev–Trinajstić information content (AvgIpc) is 3.65. The van der Waals surface area contributed by atoms with E-state index in [-0.39, 0.29) is 30.5 Å². The summed E-state index contributed by atoms with van der Waals surface area (Å²) in [6, 6.07) is 15.7. The van der Waals surface area contributed by atoms with Crippen LogP contribution in [0.2, 0.25) is 0 Å². The van der Waals surface area contributed by atoms with Crippen LogP contribution in [0.3, 0.4) is 0 Å². The van der Waals surface area contributed by atoms with E-state index in [1.54, 1.807) is 6.07 Å². The summed E-state index contributed by atoms with van der Waals surface area (Å²) in [7, 11) is 0. The third-order valence-corrected chi connectivity index (χ3v) is 7.16. The van der Waals surface area contributed by atoms with E-state index in [1.165, 1.54) is 6.92 Å². The lowest BCUT2D eigenvalue weighted by atomic mass is 9.92. The number of rotatable bonds is 8. The highest BCUT2D eigenvalue weighted by atomic mass is 16.6. The maximum atomic E-state index is 12.3. The van der Waals surface area contributed by atoms with E-state index in [0.717, 1.165) is 54.3 Å². The lowest BCUT2D eigenvalue weighted by Gasteiger charge is -2.30. The van der Waals surface area contributed by atoms with Crippen molar-refractivity contribution < 1.29 is 19.0 Å². The summed E-state index contributed by atoms with van der Waals surface area (Å²) in [5.41, 5.74) is 3.85. The number of nitrogens with zero attached hydrogens (tertiary/aromatic N) is 2. The maximum absolute atomic E-state index is 12.3. The molecule has 2 saturated carbocycles. The molecular formula is C29H31N5O4. The zero-order valence-electron chi connectivity index (χ0n) is 21.5. The summed E-state index contributed by atoms with van der Waals surface area (Å²) < 4.78 is 18.4. The van der Waals surface area contributed by atoms with Gasteiger partial charge in [-0.15, -0.1) is 0 Å². The van der Waals surface area contributed by atoms with Crippen molar-refractivity contribution in [2.45, 2.75) is 58.1 Å². The van der Waals surface area contributed by atoms with Crippen molar-refractivity contribution in [3.05, 3.63) is 48.0 Å². The van der Waals surface area contributed by atoms with Crippen LogP contribution in [0.1, 0.15) is 57.6 Å². The van der Waals surface area contributed by atoms with E-state index in [9.17, 15) is 10.1 Å². The fourth-order valence-electron chi connectivity index (χ4n) is 4.85. The second-order valence-corrected chi connectivity index (χ2v) is 9.99. The Kier molecular flexibility index (Phi) is 7.05. The molecule has 1 atom stereocenters. The Morgan fingerprint density at radius 1 is 1.16 bits per heavy atom. The maximum Gasteiger partial charge on any atom is 0.411 e. The van der Waals surface area contributed by atoms with Crippen LogP contribution in [0.4, 0.5) is 10.5 Å². The largest absolute Gasteiger partial charge is 0.484 e. The first kappa shape index (κ1) is 25.3. The molecule has 2 aliphatic carbocycles. The van der Waals surface area contributed by atoms with E-state index < -0.39 is 6.09 Å². The highest BCUT2D eigenvalue weighted by Crippen LogP contribution is 2.43. The molecule has 5 rings (SSSR count). The van der Waals surface area contributed by atoms with Crippen LogP contribution in [0.15, 0.2) is 42.5 Å². The molecule has 3 aromatic rings. The number of amides is 1. The monoisotopic (exact) mass is 513 g/mol. The number of nitriles is 1. The van der Waals surface area contributed by atoms with Gasteiger partial charge in [-0.25, -0.2) is 4.79 Å². The predicted molar refractivity (Wildman–Crippen MR) is 145 cm³/mol. The molecule has 0 spiro atoms. The van der Waals surface area contributed by atoms with Gasteiger partial charge in [0.25, 0.3) is 0 Å². The Morgan fingerprint density at radius 2 is 1.89 bits per heavy atom. The van der Waals surface area contributed by atoms with E-state index in [4.69, 9.17) is 25.0 Å². The van der Waals surface area contributed by atoms with Crippen molar-refractivity contribution in [3.8, 4) is 23.1 Å². The molecule has 9 nitrogen and oxygen atoms in total. The molecule has 2 aliphatic rings. The van der Waals surface area contributed by atoms with Gasteiger partial charge in [0.2, 0.25) is 5.90 Å². The predicted octanol–water partition coefficient (Wildman–Crippen LogP) is 6.62. The molecule has 196 valence electrons.